The number of benzene rings is 1. The first-order chi connectivity index (χ1) is 8.59. The predicted molar refractivity (Wildman–Crippen MR) is 67.1 cm³/mol. The topological polar surface area (TPSA) is 60.2 Å². The number of hydrogen-bond acceptors (Lipinski definition) is 4. The SMILES string of the molecule is Cc1nnc(COc2ccccc2[C@H](C)O)n1C. The minimum atomic E-state index is -0.553. The van der Waals surface area contributed by atoms with Crippen molar-refractivity contribution in [3.63, 3.8) is 0 Å². The van der Waals surface area contributed by atoms with Gasteiger partial charge in [0, 0.05) is 12.6 Å². The van der Waals surface area contributed by atoms with E-state index in [1.807, 2.05) is 42.8 Å². The molecule has 0 aliphatic carbocycles. The Labute approximate surface area is 106 Å². The van der Waals surface area contributed by atoms with Crippen molar-refractivity contribution in [3.05, 3.63) is 41.5 Å². The lowest BCUT2D eigenvalue weighted by Gasteiger charge is -2.12. The van der Waals surface area contributed by atoms with Crippen molar-refractivity contribution < 1.29 is 9.84 Å². The fraction of sp³-hybridized carbons (Fsp3) is 0.385. The van der Waals surface area contributed by atoms with Crippen LogP contribution in [-0.4, -0.2) is 19.9 Å². The van der Waals surface area contributed by atoms with Crippen molar-refractivity contribution in [2.75, 3.05) is 0 Å². The highest BCUT2D eigenvalue weighted by molar-refractivity contribution is 5.34. The molecule has 0 saturated carbocycles. The van der Waals surface area contributed by atoms with Gasteiger partial charge in [-0.1, -0.05) is 18.2 Å². The lowest BCUT2D eigenvalue weighted by atomic mass is 10.1. The Morgan fingerprint density at radius 2 is 2.06 bits per heavy atom. The van der Waals surface area contributed by atoms with E-state index in [2.05, 4.69) is 10.2 Å². The molecule has 5 heteroatoms. The summed E-state index contributed by atoms with van der Waals surface area (Å²) in [7, 11) is 1.90. The molecule has 0 radical (unpaired) electrons. The molecule has 1 aromatic carbocycles. The molecule has 0 bridgehead atoms. The van der Waals surface area contributed by atoms with Crippen molar-refractivity contribution in [2.45, 2.75) is 26.6 Å². The van der Waals surface area contributed by atoms with Crippen LogP contribution in [-0.2, 0) is 13.7 Å². The lowest BCUT2D eigenvalue weighted by Crippen LogP contribution is -2.06. The molecule has 0 fully saturated rings. The van der Waals surface area contributed by atoms with Crippen LogP contribution < -0.4 is 4.74 Å². The number of para-hydroxylation sites is 1. The Morgan fingerprint density at radius 1 is 1.33 bits per heavy atom. The zero-order valence-electron chi connectivity index (χ0n) is 10.8. The van der Waals surface area contributed by atoms with Crippen molar-refractivity contribution >= 4 is 0 Å². The minimum absolute atomic E-state index is 0.334. The molecule has 5 nitrogen and oxygen atoms in total. The fourth-order valence-electron chi connectivity index (χ4n) is 1.68. The van der Waals surface area contributed by atoms with E-state index in [9.17, 15) is 5.11 Å². The summed E-state index contributed by atoms with van der Waals surface area (Å²) >= 11 is 0. The summed E-state index contributed by atoms with van der Waals surface area (Å²) in [4.78, 5) is 0. The number of aromatic nitrogens is 3. The molecule has 0 saturated heterocycles. The predicted octanol–water partition coefficient (Wildman–Crippen LogP) is 1.76. The van der Waals surface area contributed by atoms with Crippen LogP contribution >= 0.6 is 0 Å². The van der Waals surface area contributed by atoms with Gasteiger partial charge in [-0.2, -0.15) is 0 Å². The van der Waals surface area contributed by atoms with Gasteiger partial charge in [0.25, 0.3) is 0 Å². The third-order valence-corrected chi connectivity index (χ3v) is 2.91. The first-order valence-corrected chi connectivity index (χ1v) is 5.84. The van der Waals surface area contributed by atoms with Crippen LogP contribution in [0.3, 0.4) is 0 Å². The molecule has 18 heavy (non-hydrogen) atoms. The van der Waals surface area contributed by atoms with E-state index in [-0.39, 0.29) is 0 Å². The molecule has 1 heterocycles. The Morgan fingerprint density at radius 3 is 2.67 bits per heavy atom. The van der Waals surface area contributed by atoms with Gasteiger partial charge < -0.3 is 14.4 Å². The van der Waals surface area contributed by atoms with E-state index >= 15 is 0 Å². The van der Waals surface area contributed by atoms with Crippen LogP contribution in [0.25, 0.3) is 0 Å². The first kappa shape index (κ1) is 12.6. The normalized spacial score (nSPS) is 12.4. The molecule has 0 aliphatic heterocycles. The highest BCUT2D eigenvalue weighted by atomic mass is 16.5. The number of aliphatic hydroxyl groups is 1. The molecule has 0 aliphatic rings. The summed E-state index contributed by atoms with van der Waals surface area (Å²) in [6.07, 6.45) is -0.553. The van der Waals surface area contributed by atoms with Crippen molar-refractivity contribution in [2.24, 2.45) is 7.05 Å². The first-order valence-electron chi connectivity index (χ1n) is 5.84. The van der Waals surface area contributed by atoms with E-state index in [0.717, 1.165) is 17.2 Å². The van der Waals surface area contributed by atoms with Crippen molar-refractivity contribution in [1.82, 2.24) is 14.8 Å². The van der Waals surface area contributed by atoms with E-state index < -0.39 is 6.10 Å². The van der Waals surface area contributed by atoms with Crippen LogP contribution in [0.2, 0.25) is 0 Å². The van der Waals surface area contributed by atoms with Crippen LogP contribution in [0.15, 0.2) is 24.3 Å². The second kappa shape index (κ2) is 5.18. The van der Waals surface area contributed by atoms with Crippen LogP contribution in [0.1, 0.15) is 30.2 Å². The van der Waals surface area contributed by atoms with E-state index in [1.165, 1.54) is 0 Å². The van der Waals surface area contributed by atoms with Crippen LogP contribution in [0.5, 0.6) is 5.75 Å². The highest BCUT2D eigenvalue weighted by Crippen LogP contribution is 2.25. The number of ether oxygens (including phenoxy) is 1. The fourth-order valence-corrected chi connectivity index (χ4v) is 1.68. The number of nitrogens with zero attached hydrogens (tertiary/aromatic N) is 3. The van der Waals surface area contributed by atoms with E-state index in [1.54, 1.807) is 6.92 Å². The quantitative estimate of drug-likeness (QED) is 0.894. The van der Waals surface area contributed by atoms with Gasteiger partial charge in [-0.05, 0) is 19.9 Å². The summed E-state index contributed by atoms with van der Waals surface area (Å²) in [5.41, 5.74) is 0.774. The summed E-state index contributed by atoms with van der Waals surface area (Å²) in [5.74, 6) is 2.28. The summed E-state index contributed by atoms with van der Waals surface area (Å²) in [6.45, 7) is 3.94. The summed E-state index contributed by atoms with van der Waals surface area (Å²) in [5, 5.41) is 17.6. The van der Waals surface area contributed by atoms with Gasteiger partial charge in [0.05, 0.1) is 6.10 Å². The maximum absolute atomic E-state index is 9.65. The third-order valence-electron chi connectivity index (χ3n) is 2.91. The average Bonchev–Trinajstić information content (AvgIpc) is 2.68. The Kier molecular flexibility index (Phi) is 3.62. The second-order valence-corrected chi connectivity index (χ2v) is 4.22. The lowest BCUT2D eigenvalue weighted by molar-refractivity contribution is 0.189. The molecule has 2 aromatic rings. The Hall–Kier alpha value is -1.88. The Bertz CT molecular complexity index is 535. The monoisotopic (exact) mass is 247 g/mol. The molecule has 0 amide bonds. The largest absolute Gasteiger partial charge is 0.485 e. The highest BCUT2D eigenvalue weighted by Gasteiger charge is 2.10. The minimum Gasteiger partial charge on any atom is -0.485 e. The average molecular weight is 247 g/mol. The molecule has 2 rings (SSSR count). The number of aryl methyl sites for hydroxylation is 1. The zero-order chi connectivity index (χ0) is 13.1. The number of aliphatic hydroxyl groups excluding tert-OH is 1. The summed E-state index contributed by atoms with van der Waals surface area (Å²) in [6, 6.07) is 7.44. The van der Waals surface area contributed by atoms with E-state index in [4.69, 9.17) is 4.74 Å². The van der Waals surface area contributed by atoms with Crippen LogP contribution in [0.4, 0.5) is 0 Å². The number of hydrogen-bond donors (Lipinski definition) is 1. The van der Waals surface area contributed by atoms with Gasteiger partial charge in [-0.25, -0.2) is 0 Å². The number of rotatable bonds is 4. The molecule has 1 N–H and O–H groups in total. The third kappa shape index (κ3) is 2.51. The molecule has 1 aromatic heterocycles. The molecule has 0 unspecified atom stereocenters. The van der Waals surface area contributed by atoms with Gasteiger partial charge in [0.15, 0.2) is 5.82 Å². The van der Waals surface area contributed by atoms with Gasteiger partial charge in [-0.15, -0.1) is 10.2 Å². The molecule has 1 atom stereocenters. The van der Waals surface area contributed by atoms with Gasteiger partial charge in [0.1, 0.15) is 18.2 Å². The molecular formula is C13H17N3O2. The Balaban J connectivity index is 2.13. The second-order valence-electron chi connectivity index (χ2n) is 4.22. The standard InChI is InChI=1S/C13H17N3O2/c1-9(17)11-6-4-5-7-12(11)18-8-13-15-14-10(2)16(13)3/h4-7,9,17H,8H2,1-3H3/t9-/m0/s1. The van der Waals surface area contributed by atoms with E-state index in [0.29, 0.717) is 12.4 Å². The van der Waals surface area contributed by atoms with Crippen molar-refractivity contribution in [1.29, 1.82) is 0 Å². The van der Waals surface area contributed by atoms with Crippen LogP contribution in [0, 0.1) is 6.92 Å². The van der Waals surface area contributed by atoms with Gasteiger partial charge >= 0.3 is 0 Å². The van der Waals surface area contributed by atoms with Gasteiger partial charge in [0.2, 0.25) is 0 Å². The molecule has 96 valence electrons. The smallest absolute Gasteiger partial charge is 0.170 e. The molecule has 0 spiro atoms. The van der Waals surface area contributed by atoms with Crippen molar-refractivity contribution in [3.8, 4) is 5.75 Å². The van der Waals surface area contributed by atoms with Gasteiger partial charge in [-0.3, -0.25) is 0 Å². The molecular weight excluding hydrogens is 230 g/mol. The zero-order valence-corrected chi connectivity index (χ0v) is 10.8. The maximum atomic E-state index is 9.65. The maximum Gasteiger partial charge on any atom is 0.170 e. The summed E-state index contributed by atoms with van der Waals surface area (Å²) < 4.78 is 7.58.